The Balaban J connectivity index is 1.50. The van der Waals surface area contributed by atoms with E-state index in [0.29, 0.717) is 41.9 Å². The molecule has 7 heteroatoms. The van der Waals surface area contributed by atoms with Gasteiger partial charge in [0, 0.05) is 5.56 Å². The van der Waals surface area contributed by atoms with Crippen molar-refractivity contribution < 1.29 is 23.5 Å². The maximum Gasteiger partial charge on any atom is 0.262 e. The molecular formula is C20H17FN2O4. The third kappa shape index (κ3) is 3.16. The third-order valence-corrected chi connectivity index (χ3v) is 4.76. The molecule has 2 heterocycles. The van der Waals surface area contributed by atoms with Gasteiger partial charge < -0.3 is 10.1 Å². The van der Waals surface area contributed by atoms with Crippen molar-refractivity contribution in [3.8, 4) is 5.75 Å². The van der Waals surface area contributed by atoms with Gasteiger partial charge in [0.15, 0.2) is 0 Å². The van der Waals surface area contributed by atoms with Gasteiger partial charge in [0.25, 0.3) is 11.8 Å². The van der Waals surface area contributed by atoms with E-state index in [4.69, 9.17) is 4.74 Å². The molecule has 0 unspecified atom stereocenters. The molecule has 0 saturated heterocycles. The minimum Gasteiger partial charge on any atom is -0.493 e. The summed E-state index contributed by atoms with van der Waals surface area (Å²) in [6.07, 6.45) is 1.26. The molecule has 1 atom stereocenters. The van der Waals surface area contributed by atoms with E-state index in [0.717, 1.165) is 4.90 Å². The van der Waals surface area contributed by atoms with Crippen molar-refractivity contribution in [3.63, 3.8) is 0 Å². The summed E-state index contributed by atoms with van der Waals surface area (Å²) < 4.78 is 19.2. The Morgan fingerprint density at radius 3 is 2.56 bits per heavy atom. The summed E-state index contributed by atoms with van der Waals surface area (Å²) in [6, 6.07) is 10.2. The Kier molecular flexibility index (Phi) is 4.35. The van der Waals surface area contributed by atoms with E-state index < -0.39 is 29.6 Å². The lowest BCUT2D eigenvalue weighted by Crippen LogP contribution is -2.41. The van der Waals surface area contributed by atoms with Crippen molar-refractivity contribution in [2.24, 2.45) is 0 Å². The number of nitrogens with zero attached hydrogens (tertiary/aromatic N) is 1. The van der Waals surface area contributed by atoms with Gasteiger partial charge in [0.05, 0.1) is 23.8 Å². The van der Waals surface area contributed by atoms with Gasteiger partial charge in [0.1, 0.15) is 18.1 Å². The molecule has 2 aliphatic rings. The fourth-order valence-corrected chi connectivity index (χ4v) is 3.46. The van der Waals surface area contributed by atoms with Crippen molar-refractivity contribution >= 4 is 17.7 Å². The number of carbonyl (C=O) groups excluding carboxylic acids is 3. The molecule has 0 aliphatic carbocycles. The number of carbonyl (C=O) groups is 3. The van der Waals surface area contributed by atoms with Gasteiger partial charge in [-0.25, -0.2) is 4.39 Å². The Hall–Kier alpha value is -3.22. The number of amides is 3. The van der Waals surface area contributed by atoms with Gasteiger partial charge in [-0.3, -0.25) is 19.3 Å². The predicted molar refractivity (Wildman–Crippen MR) is 93.8 cm³/mol. The number of rotatable bonds is 3. The van der Waals surface area contributed by atoms with Crippen LogP contribution in [0.2, 0.25) is 0 Å². The van der Waals surface area contributed by atoms with Gasteiger partial charge in [-0.05, 0) is 43.2 Å². The maximum absolute atomic E-state index is 13.7. The van der Waals surface area contributed by atoms with Crippen LogP contribution in [0.15, 0.2) is 42.5 Å². The molecule has 2 aliphatic heterocycles. The van der Waals surface area contributed by atoms with E-state index in [1.54, 1.807) is 30.3 Å². The van der Waals surface area contributed by atoms with Crippen LogP contribution in [-0.4, -0.2) is 35.8 Å². The highest BCUT2D eigenvalue weighted by molar-refractivity contribution is 6.22. The van der Waals surface area contributed by atoms with Crippen LogP contribution in [-0.2, 0) is 4.79 Å². The summed E-state index contributed by atoms with van der Waals surface area (Å²) in [6.45, 7) is 0.0950. The van der Waals surface area contributed by atoms with Crippen LogP contribution >= 0.6 is 0 Å². The molecule has 0 radical (unpaired) electrons. The normalized spacial score (nSPS) is 18.4. The molecule has 0 aromatic heterocycles. The Morgan fingerprint density at radius 2 is 1.85 bits per heavy atom. The highest BCUT2D eigenvalue weighted by Gasteiger charge is 2.36. The number of benzene rings is 2. The molecule has 0 bridgehead atoms. The highest BCUT2D eigenvalue weighted by atomic mass is 19.1. The number of ether oxygens (including phenoxy) is 1. The summed E-state index contributed by atoms with van der Waals surface area (Å²) in [5, 5.41) is 2.81. The zero-order valence-electron chi connectivity index (χ0n) is 14.4. The largest absolute Gasteiger partial charge is 0.493 e. The zero-order chi connectivity index (χ0) is 19.0. The summed E-state index contributed by atoms with van der Waals surface area (Å²) >= 11 is 0. The van der Waals surface area contributed by atoms with Crippen LogP contribution in [0.1, 0.15) is 45.2 Å². The molecule has 2 aromatic carbocycles. The molecule has 2 aromatic rings. The van der Waals surface area contributed by atoms with E-state index >= 15 is 0 Å². The predicted octanol–water partition coefficient (Wildman–Crippen LogP) is 2.45. The Bertz CT molecular complexity index is 908. The molecule has 138 valence electrons. The quantitative estimate of drug-likeness (QED) is 0.845. The van der Waals surface area contributed by atoms with Crippen LogP contribution in [0.25, 0.3) is 0 Å². The lowest BCUT2D eigenvalue weighted by atomic mass is 10.0. The molecular weight excluding hydrogens is 351 g/mol. The lowest BCUT2D eigenvalue weighted by molar-refractivity contribution is -0.122. The molecule has 0 saturated carbocycles. The van der Waals surface area contributed by atoms with E-state index in [1.807, 2.05) is 0 Å². The molecule has 1 N–H and O–H groups in total. The fourth-order valence-electron chi connectivity index (χ4n) is 3.46. The first-order chi connectivity index (χ1) is 13.0. The minimum absolute atomic E-state index is 0.297. The molecule has 27 heavy (non-hydrogen) atoms. The molecule has 0 fully saturated rings. The first-order valence-electron chi connectivity index (χ1n) is 8.71. The van der Waals surface area contributed by atoms with Crippen LogP contribution in [0.4, 0.5) is 4.39 Å². The highest BCUT2D eigenvalue weighted by Crippen LogP contribution is 2.32. The van der Waals surface area contributed by atoms with E-state index in [9.17, 15) is 18.8 Å². The van der Waals surface area contributed by atoms with Crippen LogP contribution < -0.4 is 10.1 Å². The van der Waals surface area contributed by atoms with Crippen molar-refractivity contribution in [3.05, 3.63) is 65.0 Å². The van der Waals surface area contributed by atoms with Gasteiger partial charge in [-0.1, -0.05) is 12.1 Å². The SMILES string of the molecule is O=C(CN1C(=O)c2ccccc2C1=O)N[C@H]1CCCOc2ccc(F)cc21. The second-order valence-corrected chi connectivity index (χ2v) is 6.53. The monoisotopic (exact) mass is 368 g/mol. The lowest BCUT2D eigenvalue weighted by Gasteiger charge is -2.20. The van der Waals surface area contributed by atoms with E-state index in [1.165, 1.54) is 12.1 Å². The minimum atomic E-state index is -0.485. The van der Waals surface area contributed by atoms with Gasteiger partial charge in [-0.2, -0.15) is 0 Å². The molecule has 3 amide bonds. The number of imide groups is 1. The second kappa shape index (κ2) is 6.83. The number of hydrogen-bond donors (Lipinski definition) is 1. The third-order valence-electron chi connectivity index (χ3n) is 4.76. The summed E-state index contributed by atoms with van der Waals surface area (Å²) in [4.78, 5) is 38.2. The Morgan fingerprint density at radius 1 is 1.15 bits per heavy atom. The number of halogens is 1. The number of nitrogens with one attached hydrogen (secondary N) is 1. The summed E-state index contributed by atoms with van der Waals surface area (Å²) in [7, 11) is 0. The van der Waals surface area contributed by atoms with Crippen molar-refractivity contribution in [2.45, 2.75) is 18.9 Å². The van der Waals surface area contributed by atoms with Crippen LogP contribution in [0.3, 0.4) is 0 Å². The smallest absolute Gasteiger partial charge is 0.262 e. The number of hydrogen-bond acceptors (Lipinski definition) is 4. The summed E-state index contributed by atoms with van der Waals surface area (Å²) in [5.41, 5.74) is 1.15. The number of fused-ring (bicyclic) bond motifs is 2. The van der Waals surface area contributed by atoms with Gasteiger partial charge in [-0.15, -0.1) is 0 Å². The first-order valence-corrected chi connectivity index (χ1v) is 8.71. The molecule has 0 spiro atoms. The van der Waals surface area contributed by atoms with Crippen molar-refractivity contribution in [2.75, 3.05) is 13.2 Å². The first kappa shape index (κ1) is 17.2. The van der Waals surface area contributed by atoms with E-state index in [-0.39, 0.29) is 6.54 Å². The second-order valence-electron chi connectivity index (χ2n) is 6.53. The van der Waals surface area contributed by atoms with Crippen LogP contribution in [0.5, 0.6) is 5.75 Å². The van der Waals surface area contributed by atoms with Gasteiger partial charge >= 0.3 is 0 Å². The molecule has 4 rings (SSSR count). The topological polar surface area (TPSA) is 75.7 Å². The molecule has 6 nitrogen and oxygen atoms in total. The van der Waals surface area contributed by atoms with Crippen molar-refractivity contribution in [1.29, 1.82) is 0 Å². The standard InChI is InChI=1S/C20H17FN2O4/c21-12-7-8-17-15(10-12)16(6-3-9-27-17)22-18(24)11-23-19(25)13-4-1-2-5-14(13)20(23)26/h1-2,4-5,7-8,10,16H,3,6,9,11H2,(H,22,24)/t16-/m0/s1. The average molecular weight is 368 g/mol. The van der Waals surface area contributed by atoms with E-state index in [2.05, 4.69) is 5.32 Å². The van der Waals surface area contributed by atoms with Crippen molar-refractivity contribution in [1.82, 2.24) is 10.2 Å². The van der Waals surface area contributed by atoms with Gasteiger partial charge in [0.2, 0.25) is 5.91 Å². The maximum atomic E-state index is 13.7. The Labute approximate surface area is 154 Å². The fraction of sp³-hybridized carbons (Fsp3) is 0.250. The zero-order valence-corrected chi connectivity index (χ0v) is 14.4. The van der Waals surface area contributed by atoms with Crippen LogP contribution in [0, 0.1) is 5.82 Å². The summed E-state index contributed by atoms with van der Waals surface area (Å²) in [5.74, 6) is -1.34. The average Bonchev–Trinajstić information content (AvgIpc) is 2.80.